The monoisotopic (exact) mass is 521 g/mol. The van der Waals surface area contributed by atoms with E-state index in [0.29, 0.717) is 30.9 Å². The number of carbonyl (C=O) groups excluding carboxylic acids is 1. The number of benzene rings is 1. The quantitative estimate of drug-likeness (QED) is 0.312. The molecule has 2 atom stereocenters. The minimum Gasteiger partial charge on any atom is -0.336 e. The minimum absolute atomic E-state index is 0.0465. The number of nitrogens with zero attached hydrogens (tertiary/aromatic N) is 4. The van der Waals surface area contributed by atoms with Crippen LogP contribution < -0.4 is 10.0 Å². The summed E-state index contributed by atoms with van der Waals surface area (Å²) in [5, 5.41) is 10.1. The van der Waals surface area contributed by atoms with Gasteiger partial charge >= 0.3 is 6.03 Å². The third-order valence-electron chi connectivity index (χ3n) is 6.25. The molecule has 11 heteroatoms. The number of aromatic amines is 1. The Kier molecular flexibility index (Phi) is 12.3. The van der Waals surface area contributed by atoms with Gasteiger partial charge < -0.3 is 15.1 Å². The van der Waals surface area contributed by atoms with Crippen LogP contribution in [0, 0.1) is 0 Å². The van der Waals surface area contributed by atoms with E-state index in [1.54, 1.807) is 7.05 Å². The van der Waals surface area contributed by atoms with E-state index in [1.165, 1.54) is 4.90 Å². The molecular formula is C25H43N7O3S. The molecule has 1 aromatic heterocycles. The summed E-state index contributed by atoms with van der Waals surface area (Å²) in [7, 11) is -1.85. The highest BCUT2D eigenvalue weighted by atomic mass is 32.2. The van der Waals surface area contributed by atoms with Gasteiger partial charge in [-0.2, -0.15) is 5.10 Å². The fourth-order valence-corrected chi connectivity index (χ4v) is 5.04. The summed E-state index contributed by atoms with van der Waals surface area (Å²) in [5.74, 6) is 0.923. The van der Waals surface area contributed by atoms with Gasteiger partial charge in [-0.15, -0.1) is 0 Å². The number of hydrogen-bond donors (Lipinski definition) is 3. The van der Waals surface area contributed by atoms with Crippen LogP contribution in [0.2, 0.25) is 0 Å². The van der Waals surface area contributed by atoms with Gasteiger partial charge in [0.05, 0.1) is 18.3 Å². The van der Waals surface area contributed by atoms with Gasteiger partial charge in [0.2, 0.25) is 10.0 Å². The van der Waals surface area contributed by atoms with Gasteiger partial charge in [0.25, 0.3) is 0 Å². The molecule has 0 radical (unpaired) electrons. The first kappa shape index (κ1) is 29.7. The predicted octanol–water partition coefficient (Wildman–Crippen LogP) is 3.07. The van der Waals surface area contributed by atoms with E-state index in [4.69, 9.17) is 0 Å². The zero-order valence-corrected chi connectivity index (χ0v) is 23.1. The average Bonchev–Trinajstić information content (AvgIpc) is 3.33. The van der Waals surface area contributed by atoms with Crippen LogP contribution in [-0.4, -0.2) is 77.9 Å². The summed E-state index contributed by atoms with van der Waals surface area (Å²) in [6.07, 6.45) is 2.60. The van der Waals surface area contributed by atoms with Crippen LogP contribution in [0.3, 0.4) is 0 Å². The molecule has 0 saturated heterocycles. The summed E-state index contributed by atoms with van der Waals surface area (Å²) in [6, 6.07) is 9.24. The number of H-pyrrole nitrogens is 1. The zero-order chi connectivity index (χ0) is 26.6. The van der Waals surface area contributed by atoms with E-state index in [-0.39, 0.29) is 24.4 Å². The number of carbonyl (C=O) groups is 1. The van der Waals surface area contributed by atoms with Crippen molar-refractivity contribution in [1.82, 2.24) is 35.0 Å². The Morgan fingerprint density at radius 3 is 2.47 bits per heavy atom. The fraction of sp³-hybridized carbons (Fsp3) is 0.640. The molecule has 202 valence electrons. The van der Waals surface area contributed by atoms with Crippen LogP contribution in [0.15, 0.2) is 30.3 Å². The lowest BCUT2D eigenvalue weighted by atomic mass is 10.1. The molecule has 0 aliphatic carbocycles. The molecule has 36 heavy (non-hydrogen) atoms. The van der Waals surface area contributed by atoms with Crippen molar-refractivity contribution in [3.05, 3.63) is 47.5 Å². The SMILES string of the molecule is CCC(C)NC(=O)N(C)Cc1n[nH]c([C@@H](CCc2ccccc2)NS(=O)(=O)CCCN(CC)CC)n1. The summed E-state index contributed by atoms with van der Waals surface area (Å²) >= 11 is 0. The molecule has 1 aromatic carbocycles. The number of hydrogen-bond acceptors (Lipinski definition) is 6. The maximum Gasteiger partial charge on any atom is 0.317 e. The lowest BCUT2D eigenvalue weighted by Gasteiger charge is -2.20. The highest BCUT2D eigenvalue weighted by molar-refractivity contribution is 7.89. The smallest absolute Gasteiger partial charge is 0.317 e. The van der Waals surface area contributed by atoms with Crippen molar-refractivity contribution in [2.24, 2.45) is 0 Å². The van der Waals surface area contributed by atoms with E-state index in [9.17, 15) is 13.2 Å². The van der Waals surface area contributed by atoms with Gasteiger partial charge in [0.1, 0.15) is 5.82 Å². The van der Waals surface area contributed by atoms with Crippen molar-refractivity contribution in [3.63, 3.8) is 0 Å². The Hall–Kier alpha value is -2.50. The first-order valence-corrected chi connectivity index (χ1v) is 14.5. The molecule has 0 bridgehead atoms. The van der Waals surface area contributed by atoms with Crippen LogP contribution >= 0.6 is 0 Å². The van der Waals surface area contributed by atoms with Gasteiger partial charge in [0.15, 0.2) is 5.82 Å². The van der Waals surface area contributed by atoms with Gasteiger partial charge in [-0.1, -0.05) is 51.1 Å². The van der Waals surface area contributed by atoms with E-state index < -0.39 is 16.1 Å². The highest BCUT2D eigenvalue weighted by Gasteiger charge is 2.23. The standard InChI is InChI=1S/C25H43N7O3S/c1-6-20(4)26-25(33)31(5)19-23-27-24(29-28-23)22(16-15-21-13-10-9-11-14-21)30-36(34,35)18-12-17-32(7-2)8-3/h9-11,13-14,20,22,30H,6-8,12,15-19H2,1-5H3,(H,26,33)(H,27,28,29)/t20?,22-/m1/s1. The maximum atomic E-state index is 12.9. The van der Waals surface area contributed by atoms with Crippen LogP contribution in [-0.2, 0) is 23.0 Å². The average molecular weight is 522 g/mol. The van der Waals surface area contributed by atoms with Crippen LogP contribution in [0.5, 0.6) is 0 Å². The Balaban J connectivity index is 2.09. The number of aromatic nitrogens is 3. The van der Waals surface area contributed by atoms with Crippen LogP contribution in [0.1, 0.15) is 70.2 Å². The Morgan fingerprint density at radius 2 is 1.83 bits per heavy atom. The third kappa shape index (κ3) is 10.2. The van der Waals surface area contributed by atoms with Gasteiger partial charge in [-0.3, -0.25) is 5.10 Å². The van der Waals surface area contributed by atoms with Crippen LogP contribution in [0.25, 0.3) is 0 Å². The van der Waals surface area contributed by atoms with E-state index in [1.807, 2.05) is 44.2 Å². The van der Waals surface area contributed by atoms with E-state index >= 15 is 0 Å². The number of rotatable bonds is 16. The maximum absolute atomic E-state index is 12.9. The molecule has 1 unspecified atom stereocenters. The number of amides is 2. The fourth-order valence-electron chi connectivity index (χ4n) is 3.75. The molecule has 0 aliphatic rings. The topological polar surface area (TPSA) is 123 Å². The zero-order valence-electron chi connectivity index (χ0n) is 22.3. The number of urea groups is 1. The molecule has 2 aromatic rings. The summed E-state index contributed by atoms with van der Waals surface area (Å²) in [4.78, 5) is 20.6. The molecule has 10 nitrogen and oxygen atoms in total. The molecule has 0 fully saturated rings. The number of aryl methyl sites for hydroxylation is 1. The first-order valence-electron chi connectivity index (χ1n) is 12.9. The minimum atomic E-state index is -3.53. The lowest BCUT2D eigenvalue weighted by molar-refractivity contribution is 0.202. The second kappa shape index (κ2) is 14.9. The third-order valence-corrected chi connectivity index (χ3v) is 7.72. The summed E-state index contributed by atoms with van der Waals surface area (Å²) in [5.41, 5.74) is 1.12. The first-order chi connectivity index (χ1) is 17.2. The summed E-state index contributed by atoms with van der Waals surface area (Å²) in [6.45, 7) is 10.8. The number of sulfonamides is 1. The predicted molar refractivity (Wildman–Crippen MR) is 143 cm³/mol. The lowest BCUT2D eigenvalue weighted by Crippen LogP contribution is -2.41. The molecule has 0 spiro atoms. The largest absolute Gasteiger partial charge is 0.336 e. The van der Waals surface area contributed by atoms with Gasteiger partial charge in [0, 0.05) is 13.1 Å². The molecule has 2 rings (SSSR count). The molecule has 0 saturated carbocycles. The van der Waals surface area contributed by atoms with Crippen molar-refractivity contribution in [2.45, 2.75) is 72.0 Å². The van der Waals surface area contributed by atoms with Gasteiger partial charge in [-0.05, 0) is 57.8 Å². The van der Waals surface area contributed by atoms with E-state index in [2.05, 4.69) is 44.0 Å². The number of nitrogens with one attached hydrogen (secondary N) is 3. The molecular weight excluding hydrogens is 478 g/mol. The van der Waals surface area contributed by atoms with E-state index in [0.717, 1.165) is 31.6 Å². The van der Waals surface area contributed by atoms with Gasteiger partial charge in [-0.25, -0.2) is 22.9 Å². The second-order valence-electron chi connectivity index (χ2n) is 9.15. The van der Waals surface area contributed by atoms with Crippen molar-refractivity contribution < 1.29 is 13.2 Å². The molecule has 1 heterocycles. The normalized spacial score (nSPS) is 13.5. The highest BCUT2D eigenvalue weighted by Crippen LogP contribution is 2.18. The van der Waals surface area contributed by atoms with Crippen molar-refractivity contribution >= 4 is 16.1 Å². The van der Waals surface area contributed by atoms with Crippen molar-refractivity contribution in [1.29, 1.82) is 0 Å². The molecule has 2 amide bonds. The molecule has 3 N–H and O–H groups in total. The Morgan fingerprint density at radius 1 is 1.14 bits per heavy atom. The molecule has 0 aliphatic heterocycles. The summed E-state index contributed by atoms with van der Waals surface area (Å²) < 4.78 is 28.7. The van der Waals surface area contributed by atoms with Crippen LogP contribution in [0.4, 0.5) is 4.79 Å². The van der Waals surface area contributed by atoms with Crippen molar-refractivity contribution in [2.75, 3.05) is 32.4 Å². The Labute approximate surface area is 216 Å². The second-order valence-corrected chi connectivity index (χ2v) is 11.0. The van der Waals surface area contributed by atoms with Crippen molar-refractivity contribution in [3.8, 4) is 0 Å². The Bertz CT molecular complexity index is 1010.